The molecule has 30 heavy (non-hydrogen) atoms. The molecule has 0 spiro atoms. The number of benzene rings is 2. The number of fused-ring (bicyclic) bond motifs is 1. The molecular weight excluding hydrogens is 442 g/mol. The van der Waals surface area contributed by atoms with E-state index in [-0.39, 0.29) is 35.2 Å². The lowest BCUT2D eigenvalue weighted by molar-refractivity contribution is -0.113. The first-order chi connectivity index (χ1) is 14.2. The van der Waals surface area contributed by atoms with E-state index in [1.807, 2.05) is 49.1 Å². The van der Waals surface area contributed by atoms with Crippen LogP contribution >= 0.6 is 23.4 Å². The van der Waals surface area contributed by atoms with Crippen LogP contribution in [0.4, 0.5) is 11.4 Å². The van der Waals surface area contributed by atoms with Gasteiger partial charge in [0.15, 0.2) is 15.0 Å². The van der Waals surface area contributed by atoms with Gasteiger partial charge in [0.05, 0.1) is 29.3 Å². The largest absolute Gasteiger partial charge is 0.325 e. The molecule has 0 unspecified atom stereocenters. The molecule has 2 aliphatic rings. The predicted molar refractivity (Wildman–Crippen MR) is 125 cm³/mol. The van der Waals surface area contributed by atoms with Crippen molar-refractivity contribution in [3.8, 4) is 0 Å². The summed E-state index contributed by atoms with van der Waals surface area (Å²) in [6.07, 6.45) is 0. The standard InChI is InChI=1S/C21H22ClN3O3S2/c1-13-4-3-5-14(2)20(13)24-19(26)10-29-21-23-17-11-30(27,28)12-18(17)25(21)16-8-6-15(22)7-9-16/h3-9,17-18H,10-12H2,1-2H3,(H,24,26)/t17-,18+/m1/s1. The molecule has 0 bridgehead atoms. The Hall–Kier alpha value is -2.03. The van der Waals surface area contributed by atoms with Gasteiger partial charge in [0, 0.05) is 16.4 Å². The van der Waals surface area contributed by atoms with Crippen LogP contribution in [0.25, 0.3) is 0 Å². The third-order valence-corrected chi connectivity index (χ3v) is 8.21. The van der Waals surface area contributed by atoms with Crippen molar-refractivity contribution >= 4 is 55.6 Å². The van der Waals surface area contributed by atoms with Crippen molar-refractivity contribution in [2.24, 2.45) is 4.99 Å². The number of nitrogens with one attached hydrogen (secondary N) is 1. The number of amides is 1. The molecule has 2 aliphatic heterocycles. The van der Waals surface area contributed by atoms with Crippen molar-refractivity contribution in [3.05, 3.63) is 58.6 Å². The van der Waals surface area contributed by atoms with Crippen LogP contribution < -0.4 is 10.2 Å². The Morgan fingerprint density at radius 2 is 1.83 bits per heavy atom. The molecule has 6 nitrogen and oxygen atoms in total. The van der Waals surface area contributed by atoms with Crippen LogP contribution in [-0.2, 0) is 14.6 Å². The Balaban J connectivity index is 1.51. The maximum absolute atomic E-state index is 12.6. The number of aryl methyl sites for hydroxylation is 2. The summed E-state index contributed by atoms with van der Waals surface area (Å²) in [6.45, 7) is 3.92. The summed E-state index contributed by atoms with van der Waals surface area (Å²) in [5.41, 5.74) is 3.67. The van der Waals surface area contributed by atoms with Gasteiger partial charge in [-0.05, 0) is 49.2 Å². The van der Waals surface area contributed by atoms with E-state index in [1.165, 1.54) is 11.8 Å². The third kappa shape index (κ3) is 4.36. The van der Waals surface area contributed by atoms with Gasteiger partial charge in [-0.1, -0.05) is 41.6 Å². The number of rotatable bonds is 4. The number of hydrogen-bond donors (Lipinski definition) is 1. The van der Waals surface area contributed by atoms with E-state index >= 15 is 0 Å². The zero-order valence-corrected chi connectivity index (χ0v) is 19.0. The predicted octanol–water partition coefficient (Wildman–Crippen LogP) is 3.67. The third-order valence-electron chi connectivity index (χ3n) is 5.29. The lowest BCUT2D eigenvalue weighted by Gasteiger charge is -2.26. The number of sulfone groups is 1. The summed E-state index contributed by atoms with van der Waals surface area (Å²) >= 11 is 7.34. The van der Waals surface area contributed by atoms with Gasteiger partial charge in [-0.15, -0.1) is 0 Å². The van der Waals surface area contributed by atoms with E-state index in [2.05, 4.69) is 10.3 Å². The highest BCUT2D eigenvalue weighted by atomic mass is 35.5. The summed E-state index contributed by atoms with van der Waals surface area (Å²) in [4.78, 5) is 19.2. The Morgan fingerprint density at radius 1 is 1.17 bits per heavy atom. The monoisotopic (exact) mass is 463 g/mol. The smallest absolute Gasteiger partial charge is 0.234 e. The van der Waals surface area contributed by atoms with Crippen LogP contribution in [0.15, 0.2) is 47.5 Å². The number of halogens is 1. The number of thioether (sulfide) groups is 1. The minimum atomic E-state index is -3.12. The zero-order chi connectivity index (χ0) is 21.5. The molecule has 1 saturated heterocycles. The van der Waals surface area contributed by atoms with E-state index in [1.54, 1.807) is 12.1 Å². The van der Waals surface area contributed by atoms with E-state index in [9.17, 15) is 13.2 Å². The van der Waals surface area contributed by atoms with Crippen LogP contribution in [0.1, 0.15) is 11.1 Å². The Labute approximate surface area is 185 Å². The zero-order valence-electron chi connectivity index (χ0n) is 16.6. The fraction of sp³-hybridized carbons (Fsp3) is 0.333. The first-order valence-corrected chi connectivity index (χ1v) is 12.7. The van der Waals surface area contributed by atoms with Gasteiger partial charge in [-0.2, -0.15) is 0 Å². The molecule has 0 saturated carbocycles. The quantitative estimate of drug-likeness (QED) is 0.748. The molecule has 2 aromatic rings. The normalized spacial score (nSPS) is 22.0. The van der Waals surface area contributed by atoms with E-state index in [0.717, 1.165) is 22.5 Å². The average Bonchev–Trinajstić information content (AvgIpc) is 3.15. The first-order valence-electron chi connectivity index (χ1n) is 9.55. The Kier molecular flexibility index (Phi) is 5.83. The van der Waals surface area contributed by atoms with Crippen LogP contribution in [0.5, 0.6) is 0 Å². The number of carbonyl (C=O) groups excluding carboxylic acids is 1. The van der Waals surface area contributed by atoms with Crippen molar-refractivity contribution in [1.29, 1.82) is 0 Å². The molecule has 2 atom stereocenters. The number of carbonyl (C=O) groups is 1. The Bertz CT molecular complexity index is 1100. The molecule has 158 valence electrons. The second-order valence-electron chi connectivity index (χ2n) is 7.57. The number of anilines is 2. The average molecular weight is 464 g/mol. The Morgan fingerprint density at radius 3 is 2.50 bits per heavy atom. The molecule has 2 heterocycles. The SMILES string of the molecule is Cc1cccc(C)c1NC(=O)CSC1=N[C@@H]2CS(=O)(=O)C[C@@H]2N1c1ccc(Cl)cc1. The molecule has 0 radical (unpaired) electrons. The van der Waals surface area contributed by atoms with Gasteiger partial charge in [-0.3, -0.25) is 9.79 Å². The van der Waals surface area contributed by atoms with Crippen LogP contribution in [0.2, 0.25) is 5.02 Å². The maximum Gasteiger partial charge on any atom is 0.234 e. The van der Waals surface area contributed by atoms with Crippen molar-refractivity contribution in [3.63, 3.8) is 0 Å². The second-order valence-corrected chi connectivity index (χ2v) is 11.1. The molecule has 2 aromatic carbocycles. The summed E-state index contributed by atoms with van der Waals surface area (Å²) in [5.74, 6) is 0.159. The maximum atomic E-state index is 12.6. The summed E-state index contributed by atoms with van der Waals surface area (Å²) < 4.78 is 24.3. The summed E-state index contributed by atoms with van der Waals surface area (Å²) in [7, 11) is -3.12. The second kappa shape index (κ2) is 8.24. The fourth-order valence-corrected chi connectivity index (χ4v) is 6.75. The van der Waals surface area contributed by atoms with Gasteiger partial charge in [0.1, 0.15) is 0 Å². The van der Waals surface area contributed by atoms with Crippen molar-refractivity contribution in [2.75, 3.05) is 27.5 Å². The van der Waals surface area contributed by atoms with E-state index in [4.69, 9.17) is 11.6 Å². The van der Waals surface area contributed by atoms with Crippen molar-refractivity contribution in [2.45, 2.75) is 25.9 Å². The summed E-state index contributed by atoms with van der Waals surface area (Å²) in [6, 6.07) is 12.5. The molecular formula is C21H22ClN3O3S2. The lowest BCUT2D eigenvalue weighted by atomic mass is 10.1. The van der Waals surface area contributed by atoms with Gasteiger partial charge < -0.3 is 10.2 Å². The topological polar surface area (TPSA) is 78.8 Å². The highest BCUT2D eigenvalue weighted by molar-refractivity contribution is 8.14. The van der Waals surface area contributed by atoms with Crippen LogP contribution in [0, 0.1) is 13.8 Å². The molecule has 1 N–H and O–H groups in total. The highest BCUT2D eigenvalue weighted by Gasteiger charge is 2.47. The van der Waals surface area contributed by atoms with E-state index in [0.29, 0.717) is 10.2 Å². The molecule has 0 aliphatic carbocycles. The van der Waals surface area contributed by atoms with E-state index < -0.39 is 9.84 Å². The summed E-state index contributed by atoms with van der Waals surface area (Å²) in [5, 5.41) is 4.25. The molecule has 4 rings (SSSR count). The molecule has 0 aromatic heterocycles. The fourth-order valence-electron chi connectivity index (χ4n) is 3.85. The minimum Gasteiger partial charge on any atom is -0.325 e. The van der Waals surface area contributed by atoms with Crippen molar-refractivity contribution in [1.82, 2.24) is 0 Å². The van der Waals surface area contributed by atoms with Gasteiger partial charge in [0.2, 0.25) is 5.91 Å². The number of aliphatic imine (C=N–C) groups is 1. The molecule has 1 fully saturated rings. The van der Waals surface area contributed by atoms with Crippen LogP contribution in [0.3, 0.4) is 0 Å². The molecule has 1 amide bonds. The number of para-hydroxylation sites is 1. The molecule has 9 heteroatoms. The van der Waals surface area contributed by atoms with Crippen molar-refractivity contribution < 1.29 is 13.2 Å². The minimum absolute atomic E-state index is 0.0421. The van der Waals surface area contributed by atoms with Crippen LogP contribution in [-0.4, -0.2) is 48.8 Å². The van der Waals surface area contributed by atoms with Gasteiger partial charge >= 0.3 is 0 Å². The lowest BCUT2D eigenvalue weighted by Crippen LogP contribution is -2.39. The number of hydrogen-bond acceptors (Lipinski definition) is 6. The number of amidine groups is 1. The van der Waals surface area contributed by atoms with Gasteiger partial charge in [0.25, 0.3) is 0 Å². The number of nitrogens with zero attached hydrogens (tertiary/aromatic N) is 2. The first kappa shape index (κ1) is 21.2. The van der Waals surface area contributed by atoms with Gasteiger partial charge in [-0.25, -0.2) is 8.42 Å². The highest BCUT2D eigenvalue weighted by Crippen LogP contribution is 2.35.